The van der Waals surface area contributed by atoms with Gasteiger partial charge in [0.1, 0.15) is 11.3 Å². The number of amides is 1. The molecular weight excluding hydrogens is 306 g/mol. The van der Waals surface area contributed by atoms with Crippen molar-refractivity contribution in [1.29, 1.82) is 0 Å². The van der Waals surface area contributed by atoms with Crippen LogP contribution in [0.15, 0.2) is 29.2 Å². The fourth-order valence-corrected chi connectivity index (χ4v) is 3.16. The lowest BCUT2D eigenvalue weighted by molar-refractivity contribution is -0.902. The number of carbonyl (C=O) groups excluding carboxylic acids is 1. The van der Waals surface area contributed by atoms with E-state index < -0.39 is 0 Å². The number of ether oxygens (including phenoxy) is 1. The van der Waals surface area contributed by atoms with Crippen LogP contribution in [0.4, 0.5) is 0 Å². The van der Waals surface area contributed by atoms with Gasteiger partial charge in [-0.1, -0.05) is 0 Å². The summed E-state index contributed by atoms with van der Waals surface area (Å²) in [6, 6.07) is 5.32. The molecule has 1 aliphatic heterocycles. The molecule has 1 saturated heterocycles. The van der Waals surface area contributed by atoms with Crippen molar-refractivity contribution in [2.75, 3.05) is 39.3 Å². The number of nitrogens with zero attached hydrogens (tertiary/aromatic N) is 1. The van der Waals surface area contributed by atoms with Gasteiger partial charge in [-0.2, -0.15) is 0 Å². The maximum absolute atomic E-state index is 12.8. The van der Waals surface area contributed by atoms with Gasteiger partial charge in [-0.05, 0) is 32.0 Å². The number of rotatable bonds is 4. The van der Waals surface area contributed by atoms with Crippen LogP contribution in [0.5, 0.6) is 5.75 Å². The fourth-order valence-electron chi connectivity index (χ4n) is 3.16. The van der Waals surface area contributed by atoms with E-state index in [1.807, 2.05) is 13.0 Å². The van der Waals surface area contributed by atoms with E-state index in [0.29, 0.717) is 36.3 Å². The van der Waals surface area contributed by atoms with Crippen LogP contribution < -0.4 is 15.1 Å². The molecule has 0 aliphatic carbocycles. The molecule has 1 amide bonds. The summed E-state index contributed by atoms with van der Waals surface area (Å²) in [6.45, 7) is 8.90. The Balaban J connectivity index is 1.90. The van der Waals surface area contributed by atoms with Gasteiger partial charge in [0.25, 0.3) is 5.91 Å². The Morgan fingerprint density at radius 3 is 2.71 bits per heavy atom. The fraction of sp³-hybridized carbons (Fsp3) is 0.444. The van der Waals surface area contributed by atoms with Crippen LogP contribution in [-0.4, -0.2) is 55.1 Å². The zero-order valence-electron chi connectivity index (χ0n) is 14.2. The van der Waals surface area contributed by atoms with Gasteiger partial charge in [-0.3, -0.25) is 9.59 Å². The average molecular weight is 330 g/mol. The van der Waals surface area contributed by atoms with Crippen LogP contribution in [-0.2, 0) is 0 Å². The summed E-state index contributed by atoms with van der Waals surface area (Å²) in [5, 5.41) is 0.490. The van der Waals surface area contributed by atoms with E-state index in [9.17, 15) is 9.59 Å². The molecule has 1 aromatic heterocycles. The molecule has 1 fully saturated rings. The molecule has 0 spiro atoms. The number of nitrogens with one attached hydrogen (secondary N) is 2. The Morgan fingerprint density at radius 1 is 1.29 bits per heavy atom. The van der Waals surface area contributed by atoms with Crippen molar-refractivity contribution in [3.05, 3.63) is 40.2 Å². The van der Waals surface area contributed by atoms with E-state index in [1.165, 1.54) is 11.1 Å². The van der Waals surface area contributed by atoms with Crippen LogP contribution in [0, 0.1) is 0 Å². The third-order valence-corrected chi connectivity index (χ3v) is 4.65. The summed E-state index contributed by atoms with van der Waals surface area (Å²) in [5.41, 5.74) is 0.678. The molecule has 0 atom stereocenters. The first-order chi connectivity index (χ1) is 11.6. The Labute approximate surface area is 141 Å². The number of piperazine rings is 1. The molecular formula is C18H24N3O3+. The molecule has 2 heterocycles. The molecule has 2 N–H and O–H groups in total. The van der Waals surface area contributed by atoms with Gasteiger partial charge in [0.05, 0.1) is 39.3 Å². The average Bonchev–Trinajstić information content (AvgIpc) is 2.62. The zero-order valence-corrected chi connectivity index (χ0v) is 14.2. The third-order valence-electron chi connectivity index (χ3n) is 4.65. The number of fused-ring (bicyclic) bond motifs is 1. The number of benzene rings is 1. The molecule has 24 heavy (non-hydrogen) atoms. The quantitative estimate of drug-likeness (QED) is 0.847. The van der Waals surface area contributed by atoms with Crippen molar-refractivity contribution in [1.82, 2.24) is 9.88 Å². The summed E-state index contributed by atoms with van der Waals surface area (Å²) in [7, 11) is 0. The Bertz CT molecular complexity index is 792. The second-order valence-electron chi connectivity index (χ2n) is 6.07. The molecule has 0 saturated carbocycles. The number of aromatic nitrogens is 1. The molecule has 1 aromatic carbocycles. The van der Waals surface area contributed by atoms with Crippen molar-refractivity contribution in [2.24, 2.45) is 0 Å². The van der Waals surface area contributed by atoms with Crippen molar-refractivity contribution >= 4 is 16.8 Å². The number of hydrogen-bond donors (Lipinski definition) is 2. The molecule has 128 valence electrons. The summed E-state index contributed by atoms with van der Waals surface area (Å²) in [4.78, 5) is 31.8. The van der Waals surface area contributed by atoms with Gasteiger partial charge in [0.2, 0.25) is 5.43 Å². The number of pyridine rings is 1. The maximum Gasteiger partial charge on any atom is 0.259 e. The lowest BCUT2D eigenvalue weighted by Gasteiger charge is -2.31. The second kappa shape index (κ2) is 7.05. The predicted octanol–water partition coefficient (Wildman–Crippen LogP) is 0.287. The number of H-pyrrole nitrogens is 1. The molecule has 3 rings (SSSR count). The zero-order chi connectivity index (χ0) is 17.1. The smallest absolute Gasteiger partial charge is 0.259 e. The van der Waals surface area contributed by atoms with E-state index in [0.717, 1.165) is 19.6 Å². The van der Waals surface area contributed by atoms with Crippen molar-refractivity contribution in [2.45, 2.75) is 13.8 Å². The van der Waals surface area contributed by atoms with Crippen LogP contribution in [0.3, 0.4) is 0 Å². The van der Waals surface area contributed by atoms with Gasteiger partial charge in [-0.25, -0.2) is 0 Å². The number of quaternary nitrogens is 1. The molecule has 0 radical (unpaired) electrons. The molecule has 0 bridgehead atoms. The van der Waals surface area contributed by atoms with E-state index >= 15 is 0 Å². The van der Waals surface area contributed by atoms with E-state index in [4.69, 9.17) is 4.74 Å². The number of carbonyl (C=O) groups is 1. The predicted molar refractivity (Wildman–Crippen MR) is 92.9 cm³/mol. The van der Waals surface area contributed by atoms with Crippen LogP contribution >= 0.6 is 0 Å². The van der Waals surface area contributed by atoms with Crippen molar-refractivity contribution in [3.63, 3.8) is 0 Å². The van der Waals surface area contributed by atoms with Crippen LogP contribution in [0.25, 0.3) is 10.9 Å². The highest BCUT2D eigenvalue weighted by atomic mass is 16.5. The highest BCUT2D eigenvalue weighted by Gasteiger charge is 2.25. The van der Waals surface area contributed by atoms with Crippen LogP contribution in [0.2, 0.25) is 0 Å². The Morgan fingerprint density at radius 2 is 2.04 bits per heavy atom. The standard InChI is InChI=1S/C18H23N3O3/c1-3-20-7-9-21(10-8-20)18(23)15-12-19-16-6-5-13(24-4-2)11-14(16)17(15)22/h5-6,11-12H,3-4,7-10H2,1-2H3,(H,19,22)/p+1. The Hall–Kier alpha value is -2.34. The lowest BCUT2D eigenvalue weighted by Crippen LogP contribution is -3.14. The maximum atomic E-state index is 12.8. The first-order valence-corrected chi connectivity index (χ1v) is 8.55. The van der Waals surface area contributed by atoms with Gasteiger partial charge in [0, 0.05) is 17.1 Å². The van der Waals surface area contributed by atoms with Crippen molar-refractivity contribution in [3.8, 4) is 5.75 Å². The van der Waals surface area contributed by atoms with E-state index in [-0.39, 0.29) is 16.9 Å². The molecule has 6 heteroatoms. The van der Waals surface area contributed by atoms with Crippen LogP contribution in [0.1, 0.15) is 24.2 Å². The van der Waals surface area contributed by atoms with Gasteiger partial charge in [0.15, 0.2) is 0 Å². The van der Waals surface area contributed by atoms with Gasteiger partial charge in [-0.15, -0.1) is 0 Å². The lowest BCUT2D eigenvalue weighted by atomic mass is 10.1. The summed E-state index contributed by atoms with van der Waals surface area (Å²) in [6.07, 6.45) is 1.53. The summed E-state index contributed by atoms with van der Waals surface area (Å²) in [5.74, 6) is 0.454. The number of likely N-dealkylation sites (N-methyl/N-ethyl adjacent to an activating group) is 1. The SMILES string of the molecule is CCOc1ccc2[nH]cc(C(=O)N3CC[NH+](CC)CC3)c(=O)c2c1. The minimum Gasteiger partial charge on any atom is -0.494 e. The topological polar surface area (TPSA) is 66.8 Å². The Kier molecular flexibility index (Phi) is 4.85. The molecule has 0 unspecified atom stereocenters. The van der Waals surface area contributed by atoms with Crippen molar-refractivity contribution < 1.29 is 14.4 Å². The van der Waals surface area contributed by atoms with E-state index in [1.54, 1.807) is 17.0 Å². The number of aromatic amines is 1. The molecule has 2 aromatic rings. The largest absolute Gasteiger partial charge is 0.494 e. The third kappa shape index (κ3) is 3.14. The minimum absolute atomic E-state index is 0.185. The first-order valence-electron chi connectivity index (χ1n) is 8.55. The second-order valence-corrected chi connectivity index (χ2v) is 6.07. The summed E-state index contributed by atoms with van der Waals surface area (Å²) >= 11 is 0. The normalized spacial score (nSPS) is 15.7. The highest BCUT2D eigenvalue weighted by molar-refractivity contribution is 5.97. The number of hydrogen-bond acceptors (Lipinski definition) is 3. The monoisotopic (exact) mass is 330 g/mol. The first kappa shape index (κ1) is 16.5. The molecule has 6 nitrogen and oxygen atoms in total. The minimum atomic E-state index is -0.236. The summed E-state index contributed by atoms with van der Waals surface area (Å²) < 4.78 is 5.46. The molecule has 1 aliphatic rings. The van der Waals surface area contributed by atoms with E-state index in [2.05, 4.69) is 11.9 Å². The highest BCUT2D eigenvalue weighted by Crippen LogP contribution is 2.17. The van der Waals surface area contributed by atoms with Gasteiger partial charge >= 0.3 is 0 Å². The van der Waals surface area contributed by atoms with Gasteiger partial charge < -0.3 is 19.5 Å².